The summed E-state index contributed by atoms with van der Waals surface area (Å²) in [6, 6.07) is 5.53. The number of nitrogens with zero attached hydrogens (tertiary/aromatic N) is 3. The summed E-state index contributed by atoms with van der Waals surface area (Å²) < 4.78 is 0. The van der Waals surface area contributed by atoms with Crippen LogP contribution in [0, 0.1) is 6.92 Å². The van der Waals surface area contributed by atoms with Crippen LogP contribution in [0.5, 0.6) is 0 Å². The lowest BCUT2D eigenvalue weighted by molar-refractivity contribution is 0.0603. The minimum absolute atomic E-state index is 0.233. The molecule has 2 aromatic heterocycles. The number of fused-ring (bicyclic) bond motifs is 2. The van der Waals surface area contributed by atoms with Gasteiger partial charge in [0.1, 0.15) is 5.00 Å². The fourth-order valence-electron chi connectivity index (χ4n) is 2.92. The number of aromatic nitrogens is 1. The lowest BCUT2D eigenvalue weighted by Crippen LogP contribution is -2.48. The highest BCUT2D eigenvalue weighted by Crippen LogP contribution is 2.42. The summed E-state index contributed by atoms with van der Waals surface area (Å²) in [5.74, 6) is 0.205. The van der Waals surface area contributed by atoms with Gasteiger partial charge in [0, 0.05) is 35.9 Å². The van der Waals surface area contributed by atoms with Crippen LogP contribution in [-0.4, -0.2) is 33.9 Å². The first kappa shape index (κ1) is 12.7. The molecular weight excluding hydrogens is 286 g/mol. The largest absolute Gasteiger partial charge is 0.374 e. The molecule has 21 heavy (non-hydrogen) atoms. The van der Waals surface area contributed by atoms with E-state index in [1.807, 2.05) is 30.0 Å². The summed E-state index contributed by atoms with van der Waals surface area (Å²) in [6.07, 6.45) is 3.75. The molecule has 106 valence electrons. The van der Waals surface area contributed by atoms with Crippen molar-refractivity contribution in [1.29, 1.82) is 0 Å². The van der Waals surface area contributed by atoms with E-state index in [1.54, 1.807) is 12.4 Å². The molecule has 0 aromatic carbocycles. The van der Waals surface area contributed by atoms with E-state index in [9.17, 15) is 9.90 Å². The van der Waals surface area contributed by atoms with Crippen molar-refractivity contribution in [2.24, 2.45) is 4.99 Å². The summed E-state index contributed by atoms with van der Waals surface area (Å²) in [5, 5.41) is 11.5. The van der Waals surface area contributed by atoms with Crippen LogP contribution in [0.25, 0.3) is 0 Å². The molecule has 2 aliphatic rings. The van der Waals surface area contributed by atoms with E-state index in [1.165, 1.54) is 11.3 Å². The van der Waals surface area contributed by atoms with Gasteiger partial charge in [-0.05, 0) is 25.1 Å². The third-order valence-electron chi connectivity index (χ3n) is 3.96. The Labute approximate surface area is 125 Å². The topological polar surface area (TPSA) is 65.8 Å². The van der Waals surface area contributed by atoms with Gasteiger partial charge in [0.15, 0.2) is 11.4 Å². The number of rotatable bonds is 1. The fourth-order valence-corrected chi connectivity index (χ4v) is 3.80. The number of carbonyl (C=O) groups is 1. The first-order valence-corrected chi connectivity index (χ1v) is 7.55. The average Bonchev–Trinajstić information content (AvgIpc) is 3.02. The van der Waals surface area contributed by atoms with Gasteiger partial charge in [-0.25, -0.2) is 4.99 Å². The zero-order valence-corrected chi connectivity index (χ0v) is 12.2. The van der Waals surface area contributed by atoms with Crippen LogP contribution in [0.4, 0.5) is 10.7 Å². The highest BCUT2D eigenvalue weighted by molar-refractivity contribution is 7.16. The third kappa shape index (κ3) is 1.69. The molecule has 0 bridgehead atoms. The van der Waals surface area contributed by atoms with Gasteiger partial charge in [0.2, 0.25) is 5.78 Å². The van der Waals surface area contributed by atoms with Crippen LogP contribution in [0.3, 0.4) is 0 Å². The molecule has 0 spiro atoms. The van der Waals surface area contributed by atoms with Crippen molar-refractivity contribution in [3.05, 3.63) is 41.0 Å². The van der Waals surface area contributed by atoms with Gasteiger partial charge in [-0.2, -0.15) is 0 Å². The Kier molecular flexibility index (Phi) is 2.55. The van der Waals surface area contributed by atoms with Crippen LogP contribution in [0.1, 0.15) is 21.7 Å². The molecular formula is C15H13N3O2S. The van der Waals surface area contributed by atoms with Gasteiger partial charge in [0.05, 0.1) is 5.56 Å². The first-order chi connectivity index (χ1) is 10.1. The molecule has 4 rings (SSSR count). The van der Waals surface area contributed by atoms with E-state index in [-0.39, 0.29) is 5.78 Å². The van der Waals surface area contributed by atoms with Gasteiger partial charge in [-0.1, -0.05) is 0 Å². The molecule has 5 nitrogen and oxygen atoms in total. The highest BCUT2D eigenvalue weighted by Gasteiger charge is 2.52. The molecule has 1 saturated heterocycles. The number of hydrogen-bond acceptors (Lipinski definition) is 6. The maximum atomic E-state index is 12.6. The quantitative estimate of drug-likeness (QED) is 0.877. The van der Waals surface area contributed by atoms with Crippen LogP contribution in [-0.2, 0) is 0 Å². The molecule has 6 heteroatoms. The number of thiophene rings is 1. The van der Waals surface area contributed by atoms with Gasteiger partial charge in [-0.3, -0.25) is 9.78 Å². The molecule has 1 fully saturated rings. The maximum absolute atomic E-state index is 12.6. The van der Waals surface area contributed by atoms with E-state index in [0.717, 1.165) is 10.6 Å². The lowest BCUT2D eigenvalue weighted by Gasteiger charge is -2.28. The van der Waals surface area contributed by atoms with E-state index in [0.29, 0.717) is 29.4 Å². The van der Waals surface area contributed by atoms with Crippen LogP contribution >= 0.6 is 11.3 Å². The zero-order chi connectivity index (χ0) is 14.6. The Balaban J connectivity index is 1.88. The average molecular weight is 299 g/mol. The molecule has 0 saturated carbocycles. The second-order valence-electron chi connectivity index (χ2n) is 5.31. The summed E-state index contributed by atoms with van der Waals surface area (Å²) >= 11 is 1.48. The van der Waals surface area contributed by atoms with E-state index >= 15 is 0 Å². The predicted octanol–water partition coefficient (Wildman–Crippen LogP) is 2.32. The van der Waals surface area contributed by atoms with Gasteiger partial charge in [-0.15, -0.1) is 11.3 Å². The molecule has 0 amide bonds. The van der Waals surface area contributed by atoms with Crippen molar-refractivity contribution in [3.63, 3.8) is 0 Å². The van der Waals surface area contributed by atoms with E-state index in [2.05, 4.69) is 9.98 Å². The maximum Gasteiger partial charge on any atom is 0.205 e. The number of aliphatic hydroxyl groups is 1. The minimum atomic E-state index is -1.50. The second kappa shape index (κ2) is 4.22. The molecule has 1 atom stereocenters. The van der Waals surface area contributed by atoms with Crippen LogP contribution in [0.15, 0.2) is 35.6 Å². The number of hydrogen-bond donors (Lipinski definition) is 1. The first-order valence-electron chi connectivity index (χ1n) is 6.74. The van der Waals surface area contributed by atoms with Gasteiger partial charge >= 0.3 is 0 Å². The Morgan fingerprint density at radius 1 is 1.38 bits per heavy atom. The monoisotopic (exact) mass is 299 g/mol. The molecule has 1 N–H and O–H groups in total. The fraction of sp³-hybridized carbons (Fsp3) is 0.267. The van der Waals surface area contributed by atoms with Crippen molar-refractivity contribution >= 4 is 33.6 Å². The zero-order valence-electron chi connectivity index (χ0n) is 11.4. The number of Topliss-reactive ketones (excluding diaryl/α,β-unsaturated/α-hetero) is 1. The molecule has 0 aliphatic carbocycles. The number of aliphatic imine (C=N–C) groups is 1. The number of amidine groups is 1. The summed E-state index contributed by atoms with van der Waals surface area (Å²) in [6.45, 7) is 2.51. The molecule has 4 heterocycles. The summed E-state index contributed by atoms with van der Waals surface area (Å²) in [7, 11) is 0. The highest BCUT2D eigenvalue weighted by atomic mass is 32.1. The Hall–Kier alpha value is -2.05. The predicted molar refractivity (Wildman–Crippen MR) is 81.6 cm³/mol. The molecule has 2 aromatic rings. The van der Waals surface area contributed by atoms with Gasteiger partial charge < -0.3 is 10.0 Å². The SMILES string of the molecule is Cc1cc2c(s1)N=C1N(c3ccncc3)CCC1(O)C2=O. The third-order valence-corrected chi connectivity index (χ3v) is 4.90. The van der Waals surface area contributed by atoms with Crippen LogP contribution in [0.2, 0.25) is 0 Å². The second-order valence-corrected chi connectivity index (χ2v) is 6.54. The van der Waals surface area contributed by atoms with E-state index < -0.39 is 5.60 Å². The molecule has 2 aliphatic heterocycles. The lowest BCUT2D eigenvalue weighted by atomic mass is 9.90. The number of carbonyl (C=O) groups excluding carboxylic acids is 1. The van der Waals surface area contributed by atoms with Crippen molar-refractivity contribution in [2.75, 3.05) is 11.4 Å². The van der Waals surface area contributed by atoms with Crippen molar-refractivity contribution in [3.8, 4) is 0 Å². The summed E-state index contributed by atoms with van der Waals surface area (Å²) in [4.78, 5) is 24.1. The smallest absolute Gasteiger partial charge is 0.205 e. The van der Waals surface area contributed by atoms with E-state index in [4.69, 9.17) is 0 Å². The Morgan fingerprint density at radius 3 is 2.90 bits per heavy atom. The minimum Gasteiger partial charge on any atom is -0.374 e. The molecule has 0 radical (unpaired) electrons. The van der Waals surface area contributed by atoms with Crippen LogP contribution < -0.4 is 4.90 Å². The number of ketones is 1. The number of anilines is 1. The number of aryl methyl sites for hydroxylation is 1. The van der Waals surface area contributed by atoms with Crippen molar-refractivity contribution < 1.29 is 9.90 Å². The Morgan fingerprint density at radius 2 is 2.14 bits per heavy atom. The standard InChI is InChI=1S/C15H13N3O2S/c1-9-8-11-12(19)15(20)4-7-18(10-2-5-16-6-3-10)14(15)17-13(11)21-9/h2-3,5-6,8,20H,4,7H2,1H3. The normalized spacial score (nSPS) is 23.8. The van der Waals surface area contributed by atoms with Gasteiger partial charge in [0.25, 0.3) is 0 Å². The van der Waals surface area contributed by atoms with Crippen molar-refractivity contribution in [1.82, 2.24) is 4.98 Å². The summed E-state index contributed by atoms with van der Waals surface area (Å²) in [5.41, 5.74) is -0.0615. The number of pyridine rings is 1. The van der Waals surface area contributed by atoms with Crippen molar-refractivity contribution in [2.45, 2.75) is 18.9 Å². The molecule has 1 unspecified atom stereocenters. The Bertz CT molecular complexity index is 768.